The molecule has 2 aromatic heterocycles. The molecule has 0 aromatic carbocycles. The number of rotatable bonds is 7. The third kappa shape index (κ3) is 4.04. The molecular formula is C19H25ClN8O2. The van der Waals surface area contributed by atoms with Crippen LogP contribution in [0.15, 0.2) is 18.6 Å². The summed E-state index contributed by atoms with van der Waals surface area (Å²) >= 11 is 6.31. The van der Waals surface area contributed by atoms with E-state index in [0.717, 1.165) is 19.3 Å². The average Bonchev–Trinajstić information content (AvgIpc) is 3.40. The fraction of sp³-hybridized carbons (Fsp3) is 0.526. The number of likely N-dealkylation sites (N-methyl/N-ethyl adjacent to an activating group) is 1. The number of aromatic nitrogens is 4. The number of anilines is 3. The van der Waals surface area contributed by atoms with E-state index in [1.807, 2.05) is 0 Å². The van der Waals surface area contributed by atoms with Gasteiger partial charge < -0.3 is 21.3 Å². The van der Waals surface area contributed by atoms with Crippen LogP contribution in [0.3, 0.4) is 0 Å². The maximum Gasteiger partial charge on any atom is 0.243 e. The van der Waals surface area contributed by atoms with Crippen LogP contribution in [0.2, 0.25) is 5.02 Å². The quantitative estimate of drug-likeness (QED) is 0.603. The number of carbonyl (C=O) groups excluding carboxylic acids is 2. The van der Waals surface area contributed by atoms with Gasteiger partial charge in [-0.25, -0.2) is 4.98 Å². The lowest BCUT2D eigenvalue weighted by Gasteiger charge is -2.30. The number of nitrogens with one attached hydrogen (secondary N) is 2. The van der Waals surface area contributed by atoms with Crippen LogP contribution in [0, 0.1) is 17.8 Å². The van der Waals surface area contributed by atoms with E-state index in [4.69, 9.17) is 17.3 Å². The first-order valence-corrected chi connectivity index (χ1v) is 10.3. The van der Waals surface area contributed by atoms with Crippen molar-refractivity contribution in [3.63, 3.8) is 0 Å². The molecular weight excluding hydrogens is 408 g/mol. The largest absolute Gasteiger partial charge is 0.369 e. The summed E-state index contributed by atoms with van der Waals surface area (Å²) < 4.78 is 1.53. The molecule has 160 valence electrons. The molecule has 30 heavy (non-hydrogen) atoms. The van der Waals surface area contributed by atoms with Crippen molar-refractivity contribution in [3.05, 3.63) is 23.6 Å². The van der Waals surface area contributed by atoms with Crippen molar-refractivity contribution in [2.24, 2.45) is 23.5 Å². The van der Waals surface area contributed by atoms with E-state index in [1.165, 1.54) is 15.8 Å². The van der Waals surface area contributed by atoms with Crippen LogP contribution in [-0.2, 0) is 16.1 Å². The van der Waals surface area contributed by atoms with Gasteiger partial charge in [0.25, 0.3) is 0 Å². The van der Waals surface area contributed by atoms with Gasteiger partial charge in [-0.05, 0) is 31.1 Å². The minimum Gasteiger partial charge on any atom is -0.369 e. The lowest BCUT2D eigenvalue weighted by molar-refractivity contribution is -0.129. The van der Waals surface area contributed by atoms with Gasteiger partial charge in [-0.15, -0.1) is 0 Å². The van der Waals surface area contributed by atoms with Crippen LogP contribution in [0.25, 0.3) is 0 Å². The summed E-state index contributed by atoms with van der Waals surface area (Å²) in [4.78, 5) is 34.0. The monoisotopic (exact) mass is 432 g/mol. The number of fused-ring (bicyclic) bond motifs is 2. The van der Waals surface area contributed by atoms with Crippen LogP contribution in [0.1, 0.15) is 19.3 Å². The Morgan fingerprint density at radius 1 is 1.30 bits per heavy atom. The van der Waals surface area contributed by atoms with Crippen molar-refractivity contribution in [2.45, 2.75) is 31.8 Å². The molecule has 0 aliphatic heterocycles. The normalized spacial score (nSPS) is 24.6. The van der Waals surface area contributed by atoms with Crippen molar-refractivity contribution in [1.82, 2.24) is 24.6 Å². The van der Waals surface area contributed by atoms with Crippen LogP contribution in [0.4, 0.5) is 17.5 Å². The molecule has 4 atom stereocenters. The minimum absolute atomic E-state index is 0.0613. The number of amides is 2. The first kappa shape index (κ1) is 20.4. The zero-order valence-electron chi connectivity index (χ0n) is 16.9. The zero-order valence-corrected chi connectivity index (χ0v) is 17.6. The number of hydrogen-bond donors (Lipinski definition) is 3. The lowest BCUT2D eigenvalue weighted by atomic mass is 9.84. The summed E-state index contributed by atoms with van der Waals surface area (Å²) in [5.41, 5.74) is 6.30. The predicted octanol–water partition coefficient (Wildman–Crippen LogP) is 1.47. The first-order chi connectivity index (χ1) is 14.3. The highest BCUT2D eigenvalue weighted by Crippen LogP contribution is 2.49. The average molecular weight is 433 g/mol. The van der Waals surface area contributed by atoms with Gasteiger partial charge in [0.05, 0.1) is 24.0 Å². The van der Waals surface area contributed by atoms with Crippen LogP contribution >= 0.6 is 11.6 Å². The number of nitrogens with two attached hydrogens (primary N) is 1. The SMILES string of the molecule is CN(C)C(=O)Cn1cc(Nc2ncc(Cl)c(N[C@@H]3[C@H]4CC[C@H](C4)[C@@H]3C(N)=O)n2)cn1. The Kier molecular flexibility index (Phi) is 5.50. The van der Waals surface area contributed by atoms with E-state index in [0.29, 0.717) is 34.3 Å². The van der Waals surface area contributed by atoms with Crippen LogP contribution < -0.4 is 16.4 Å². The summed E-state index contributed by atoms with van der Waals surface area (Å²) in [6.45, 7) is 0.141. The van der Waals surface area contributed by atoms with E-state index in [-0.39, 0.29) is 30.3 Å². The highest BCUT2D eigenvalue weighted by Gasteiger charge is 2.50. The summed E-state index contributed by atoms with van der Waals surface area (Å²) in [5.74, 6) is 0.976. The maximum absolute atomic E-state index is 12.0. The molecule has 2 aliphatic carbocycles. The number of hydrogen-bond acceptors (Lipinski definition) is 7. The van der Waals surface area contributed by atoms with E-state index in [2.05, 4.69) is 25.7 Å². The number of primary amides is 1. The lowest BCUT2D eigenvalue weighted by Crippen LogP contribution is -2.42. The molecule has 2 saturated carbocycles. The summed E-state index contributed by atoms with van der Waals surface area (Å²) in [6, 6.07) is -0.0682. The highest BCUT2D eigenvalue weighted by atomic mass is 35.5. The molecule has 11 heteroatoms. The van der Waals surface area contributed by atoms with Crippen molar-refractivity contribution in [3.8, 4) is 0 Å². The predicted molar refractivity (Wildman–Crippen MR) is 112 cm³/mol. The fourth-order valence-corrected chi connectivity index (χ4v) is 4.66. The zero-order chi connectivity index (χ0) is 21.4. The Hall–Kier alpha value is -2.88. The topological polar surface area (TPSA) is 131 Å². The molecule has 4 N–H and O–H groups in total. The third-order valence-electron chi connectivity index (χ3n) is 5.98. The van der Waals surface area contributed by atoms with Gasteiger partial charge in [-0.3, -0.25) is 14.3 Å². The Morgan fingerprint density at radius 2 is 2.07 bits per heavy atom. The van der Waals surface area contributed by atoms with Gasteiger partial charge >= 0.3 is 0 Å². The number of carbonyl (C=O) groups is 2. The van der Waals surface area contributed by atoms with E-state index in [9.17, 15) is 9.59 Å². The van der Waals surface area contributed by atoms with Gasteiger partial charge in [0, 0.05) is 26.3 Å². The summed E-state index contributed by atoms with van der Waals surface area (Å²) in [5, 5.41) is 11.0. The fourth-order valence-electron chi connectivity index (χ4n) is 4.52. The van der Waals surface area contributed by atoms with Gasteiger partial charge in [-0.1, -0.05) is 11.6 Å². The first-order valence-electron chi connectivity index (χ1n) is 9.90. The Balaban J connectivity index is 1.47. The van der Waals surface area contributed by atoms with Crippen LogP contribution in [0.5, 0.6) is 0 Å². The molecule has 0 spiro atoms. The van der Waals surface area contributed by atoms with Gasteiger partial charge in [0.2, 0.25) is 17.8 Å². The van der Waals surface area contributed by atoms with Gasteiger partial charge in [-0.2, -0.15) is 10.1 Å². The molecule has 0 radical (unpaired) electrons. The molecule has 2 bridgehead atoms. The second-order valence-corrected chi connectivity index (χ2v) is 8.57. The number of halogens is 1. The van der Waals surface area contributed by atoms with E-state index >= 15 is 0 Å². The Labute approximate surface area is 179 Å². The summed E-state index contributed by atoms with van der Waals surface area (Å²) in [6.07, 6.45) is 7.92. The van der Waals surface area contributed by atoms with Gasteiger partial charge in [0.1, 0.15) is 11.6 Å². The molecule has 2 aromatic rings. The molecule has 10 nitrogen and oxygen atoms in total. The molecule has 0 unspecified atom stereocenters. The van der Waals surface area contributed by atoms with Crippen molar-refractivity contribution in [1.29, 1.82) is 0 Å². The van der Waals surface area contributed by atoms with Crippen molar-refractivity contribution < 1.29 is 9.59 Å². The van der Waals surface area contributed by atoms with Crippen LogP contribution in [-0.4, -0.2) is 56.6 Å². The van der Waals surface area contributed by atoms with Crippen molar-refractivity contribution in [2.75, 3.05) is 24.7 Å². The smallest absolute Gasteiger partial charge is 0.243 e. The number of nitrogens with zero attached hydrogens (tertiary/aromatic N) is 5. The maximum atomic E-state index is 12.0. The molecule has 2 aliphatic rings. The third-order valence-corrected chi connectivity index (χ3v) is 6.25. The second kappa shape index (κ2) is 8.10. The van der Waals surface area contributed by atoms with Gasteiger partial charge in [0.15, 0.2) is 5.82 Å². The van der Waals surface area contributed by atoms with Crippen molar-refractivity contribution >= 4 is 40.9 Å². The second-order valence-electron chi connectivity index (χ2n) is 8.16. The standard InChI is InChI=1S/C19H25ClN8O2/c1-27(2)14(29)9-28-8-12(6-23-28)24-19-22-7-13(20)18(26-19)25-16-11-4-3-10(5-11)15(16)17(21)30/h6-8,10-11,15-16H,3-5,9H2,1-2H3,(H2,21,30)(H2,22,24,25,26)/t10-,11+,15+,16-/m1/s1. The van der Waals surface area contributed by atoms with E-state index < -0.39 is 0 Å². The molecule has 2 fully saturated rings. The summed E-state index contributed by atoms with van der Waals surface area (Å²) in [7, 11) is 3.39. The Bertz CT molecular complexity index is 962. The minimum atomic E-state index is -0.275. The highest BCUT2D eigenvalue weighted by molar-refractivity contribution is 6.32. The molecule has 2 amide bonds. The Morgan fingerprint density at radius 3 is 2.80 bits per heavy atom. The molecule has 4 rings (SSSR count). The molecule has 2 heterocycles. The molecule has 0 saturated heterocycles. The van der Waals surface area contributed by atoms with E-state index in [1.54, 1.807) is 26.5 Å².